The predicted octanol–water partition coefficient (Wildman–Crippen LogP) is 3.04. The molecule has 0 bridgehead atoms. The topological polar surface area (TPSA) is 98.7 Å². The number of amides is 2. The first-order valence-electron chi connectivity index (χ1n) is 11.5. The molecule has 4 N–H and O–H groups in total. The van der Waals surface area contributed by atoms with Gasteiger partial charge in [-0.1, -0.05) is 50.2 Å². The van der Waals surface area contributed by atoms with Gasteiger partial charge in [-0.25, -0.2) is 4.39 Å². The molecule has 0 aliphatic heterocycles. The van der Waals surface area contributed by atoms with Crippen molar-refractivity contribution in [2.45, 2.75) is 63.9 Å². The van der Waals surface area contributed by atoms with Crippen LogP contribution in [-0.2, 0) is 16.0 Å². The summed E-state index contributed by atoms with van der Waals surface area (Å²) in [5, 5.41) is 24.9. The van der Waals surface area contributed by atoms with Crippen LogP contribution in [0.25, 0.3) is 0 Å². The number of rotatable bonds is 9. The molecule has 8 heteroatoms. The Morgan fingerprint density at radius 1 is 1.12 bits per heavy atom. The van der Waals surface area contributed by atoms with Gasteiger partial charge in [-0.3, -0.25) is 9.59 Å². The molecule has 0 aromatic heterocycles. The first kappa shape index (κ1) is 24.9. The van der Waals surface area contributed by atoms with E-state index >= 15 is 0 Å². The van der Waals surface area contributed by atoms with Crippen LogP contribution >= 0.6 is 0 Å². The molecule has 0 spiro atoms. The van der Waals surface area contributed by atoms with Crippen LogP contribution in [0.3, 0.4) is 0 Å². The summed E-state index contributed by atoms with van der Waals surface area (Å²) in [6, 6.07) is 12.9. The number of halogens is 1. The molecule has 0 fully saturated rings. The fourth-order valence-electron chi connectivity index (χ4n) is 4.49. The van der Waals surface area contributed by atoms with E-state index in [1.807, 2.05) is 38.1 Å². The van der Waals surface area contributed by atoms with Crippen LogP contribution in [-0.4, -0.2) is 34.9 Å². The van der Waals surface area contributed by atoms with Crippen molar-refractivity contribution in [2.75, 3.05) is 0 Å². The summed E-state index contributed by atoms with van der Waals surface area (Å²) in [6.45, 7) is 3.83. The quantitative estimate of drug-likeness (QED) is 0.438. The monoisotopic (exact) mass is 454 g/mol. The molecule has 2 amide bonds. The lowest BCUT2D eigenvalue weighted by molar-refractivity contribution is -0.125. The third-order valence-electron chi connectivity index (χ3n) is 6.07. The molecule has 176 valence electrons. The molecule has 3 rings (SSSR count). The minimum atomic E-state index is -1.70. The van der Waals surface area contributed by atoms with Gasteiger partial charge >= 0.3 is 7.12 Å². The van der Waals surface area contributed by atoms with Crippen molar-refractivity contribution in [1.82, 2.24) is 10.6 Å². The molecule has 2 aromatic rings. The van der Waals surface area contributed by atoms with Crippen LogP contribution in [0, 0.1) is 11.7 Å². The van der Waals surface area contributed by atoms with Crippen LogP contribution < -0.4 is 10.6 Å². The van der Waals surface area contributed by atoms with Gasteiger partial charge in [0.1, 0.15) is 5.82 Å². The minimum Gasteiger partial charge on any atom is -0.426 e. The van der Waals surface area contributed by atoms with Crippen molar-refractivity contribution in [2.24, 2.45) is 5.92 Å². The van der Waals surface area contributed by atoms with Gasteiger partial charge in [0, 0.05) is 0 Å². The SMILES string of the molecule is CC(C)C[C@@H](NC(=O)CC(NC(=O)[C@H]1CCCc2ccccc21)c1cccc(F)c1)B(O)O. The molecule has 1 aliphatic carbocycles. The van der Waals surface area contributed by atoms with Crippen LogP contribution in [0.1, 0.15) is 68.2 Å². The van der Waals surface area contributed by atoms with Gasteiger partial charge in [0.2, 0.25) is 11.8 Å². The molecule has 1 aliphatic rings. The van der Waals surface area contributed by atoms with Crippen molar-refractivity contribution >= 4 is 18.9 Å². The van der Waals surface area contributed by atoms with E-state index in [-0.39, 0.29) is 24.2 Å². The maximum absolute atomic E-state index is 13.9. The highest BCUT2D eigenvalue weighted by atomic mass is 19.1. The summed E-state index contributed by atoms with van der Waals surface area (Å²) in [6.07, 6.45) is 2.77. The summed E-state index contributed by atoms with van der Waals surface area (Å²) in [4.78, 5) is 26.1. The molecule has 0 radical (unpaired) electrons. The van der Waals surface area contributed by atoms with Gasteiger partial charge in [-0.05, 0) is 60.4 Å². The van der Waals surface area contributed by atoms with E-state index in [1.54, 1.807) is 6.07 Å². The zero-order valence-electron chi connectivity index (χ0n) is 19.1. The van der Waals surface area contributed by atoms with Gasteiger partial charge in [-0.15, -0.1) is 0 Å². The number of carbonyl (C=O) groups excluding carboxylic acids is 2. The van der Waals surface area contributed by atoms with Gasteiger partial charge in [0.05, 0.1) is 24.3 Å². The Labute approximate surface area is 194 Å². The van der Waals surface area contributed by atoms with E-state index in [0.717, 1.165) is 24.0 Å². The maximum Gasteiger partial charge on any atom is 0.475 e. The van der Waals surface area contributed by atoms with Gasteiger partial charge < -0.3 is 20.7 Å². The number of carbonyl (C=O) groups is 2. The first-order valence-corrected chi connectivity index (χ1v) is 11.5. The van der Waals surface area contributed by atoms with Crippen molar-refractivity contribution in [3.05, 3.63) is 71.0 Å². The molecule has 0 saturated carbocycles. The zero-order chi connectivity index (χ0) is 24.0. The zero-order valence-corrected chi connectivity index (χ0v) is 19.1. The Hall–Kier alpha value is -2.71. The smallest absolute Gasteiger partial charge is 0.426 e. The van der Waals surface area contributed by atoms with E-state index in [1.165, 1.54) is 18.2 Å². The lowest BCUT2D eigenvalue weighted by Gasteiger charge is -2.28. The second-order valence-corrected chi connectivity index (χ2v) is 9.18. The standard InChI is InChI=1S/C25H32BFN2O4/c1-16(2)13-23(26(32)33)29-24(30)15-22(18-9-5-10-19(27)14-18)28-25(31)21-12-6-8-17-7-3-4-11-20(17)21/h3-5,7,9-11,14,16,21-23,32-33H,6,8,12-13,15H2,1-2H3,(H,28,31)(H,29,30)/t21-,22?,23+/m0/s1. The highest BCUT2D eigenvalue weighted by molar-refractivity contribution is 6.43. The van der Waals surface area contributed by atoms with E-state index < -0.39 is 30.8 Å². The Balaban J connectivity index is 1.78. The van der Waals surface area contributed by atoms with Crippen molar-refractivity contribution in [3.8, 4) is 0 Å². The molecule has 6 nitrogen and oxygen atoms in total. The number of aryl methyl sites for hydroxylation is 1. The van der Waals surface area contributed by atoms with Gasteiger partial charge in [0.25, 0.3) is 0 Å². The summed E-state index contributed by atoms with van der Waals surface area (Å²) in [5.41, 5.74) is 2.62. The van der Waals surface area contributed by atoms with E-state index in [4.69, 9.17) is 0 Å². The summed E-state index contributed by atoms with van der Waals surface area (Å²) in [7, 11) is -1.70. The van der Waals surface area contributed by atoms with Crippen molar-refractivity contribution in [1.29, 1.82) is 0 Å². The van der Waals surface area contributed by atoms with Gasteiger partial charge in [0.15, 0.2) is 0 Å². The second-order valence-electron chi connectivity index (χ2n) is 9.18. The summed E-state index contributed by atoms with van der Waals surface area (Å²) >= 11 is 0. The van der Waals surface area contributed by atoms with Crippen molar-refractivity contribution < 1.29 is 24.0 Å². The van der Waals surface area contributed by atoms with E-state index in [2.05, 4.69) is 10.6 Å². The molecule has 1 unspecified atom stereocenters. The Bertz CT molecular complexity index is 969. The first-order chi connectivity index (χ1) is 15.7. The lowest BCUT2D eigenvalue weighted by atomic mass is 9.75. The average Bonchev–Trinajstić information content (AvgIpc) is 2.77. The molecule has 2 aromatic carbocycles. The number of fused-ring (bicyclic) bond motifs is 1. The highest BCUT2D eigenvalue weighted by Crippen LogP contribution is 2.32. The summed E-state index contributed by atoms with van der Waals surface area (Å²) in [5.74, 6) is -2.13. The molecule has 0 heterocycles. The van der Waals surface area contributed by atoms with E-state index in [9.17, 15) is 24.0 Å². The average molecular weight is 454 g/mol. The lowest BCUT2D eigenvalue weighted by Crippen LogP contribution is -2.48. The third-order valence-corrected chi connectivity index (χ3v) is 6.07. The minimum absolute atomic E-state index is 0.141. The fourth-order valence-corrected chi connectivity index (χ4v) is 4.49. The number of nitrogens with one attached hydrogen (secondary N) is 2. The largest absolute Gasteiger partial charge is 0.475 e. The Kier molecular flexibility index (Phi) is 8.64. The van der Waals surface area contributed by atoms with Crippen molar-refractivity contribution in [3.63, 3.8) is 0 Å². The predicted molar refractivity (Wildman–Crippen MR) is 126 cm³/mol. The normalized spacial score (nSPS) is 17.1. The molecular weight excluding hydrogens is 422 g/mol. The number of hydrogen-bond donors (Lipinski definition) is 4. The van der Waals surface area contributed by atoms with Crippen LogP contribution in [0.2, 0.25) is 0 Å². The molecular formula is C25H32BFN2O4. The molecule has 3 atom stereocenters. The number of benzene rings is 2. The molecule has 33 heavy (non-hydrogen) atoms. The van der Waals surface area contributed by atoms with Crippen LogP contribution in [0.5, 0.6) is 0 Å². The fraction of sp³-hybridized carbons (Fsp3) is 0.440. The highest BCUT2D eigenvalue weighted by Gasteiger charge is 2.31. The van der Waals surface area contributed by atoms with Crippen LogP contribution in [0.4, 0.5) is 4.39 Å². The maximum atomic E-state index is 13.9. The Morgan fingerprint density at radius 3 is 2.58 bits per heavy atom. The Morgan fingerprint density at radius 2 is 1.88 bits per heavy atom. The summed E-state index contributed by atoms with van der Waals surface area (Å²) < 4.78 is 13.9. The van der Waals surface area contributed by atoms with E-state index in [0.29, 0.717) is 18.4 Å². The van der Waals surface area contributed by atoms with Crippen LogP contribution in [0.15, 0.2) is 48.5 Å². The molecule has 0 saturated heterocycles. The van der Waals surface area contributed by atoms with Gasteiger partial charge in [-0.2, -0.15) is 0 Å². The third kappa shape index (κ3) is 6.89. The number of hydrogen-bond acceptors (Lipinski definition) is 4. The second kappa shape index (κ2) is 11.4.